The number of nitrogen functional groups attached to an aromatic ring is 1. The molecule has 0 aliphatic rings. The standard InChI is InChI=1S/C14H16FN3O/c1-3-4-11-13(16)17-8-18-14(11)19-12-7-10(15)6-5-9(12)2/h5-8H,3-4H2,1-2H3,(H2,16,17,18). The van der Waals surface area contributed by atoms with Gasteiger partial charge in [-0.3, -0.25) is 0 Å². The van der Waals surface area contributed by atoms with Crippen molar-refractivity contribution < 1.29 is 9.13 Å². The maximum atomic E-state index is 13.2. The molecule has 0 fully saturated rings. The monoisotopic (exact) mass is 261 g/mol. The Bertz CT molecular complexity index is 587. The minimum absolute atomic E-state index is 0.348. The van der Waals surface area contributed by atoms with Gasteiger partial charge in [0.25, 0.3) is 0 Å². The van der Waals surface area contributed by atoms with Crippen molar-refractivity contribution in [3.8, 4) is 11.6 Å². The summed E-state index contributed by atoms with van der Waals surface area (Å²) in [5.74, 6) is 0.888. The summed E-state index contributed by atoms with van der Waals surface area (Å²) in [6.45, 7) is 3.88. The first kappa shape index (κ1) is 13.3. The first-order chi connectivity index (χ1) is 9.11. The van der Waals surface area contributed by atoms with Crippen LogP contribution in [0.5, 0.6) is 11.6 Å². The lowest BCUT2D eigenvalue weighted by Gasteiger charge is -2.12. The quantitative estimate of drug-likeness (QED) is 0.917. The van der Waals surface area contributed by atoms with Gasteiger partial charge in [-0.15, -0.1) is 0 Å². The van der Waals surface area contributed by atoms with E-state index in [2.05, 4.69) is 9.97 Å². The predicted octanol–water partition coefficient (Wildman–Crippen LogP) is 3.25. The molecule has 0 saturated heterocycles. The highest BCUT2D eigenvalue weighted by molar-refractivity contribution is 5.47. The van der Waals surface area contributed by atoms with Crippen molar-refractivity contribution in [2.45, 2.75) is 26.7 Å². The van der Waals surface area contributed by atoms with Crippen LogP contribution in [0.15, 0.2) is 24.5 Å². The number of aromatic nitrogens is 2. The minimum Gasteiger partial charge on any atom is -0.438 e. The first-order valence-corrected chi connectivity index (χ1v) is 6.15. The van der Waals surface area contributed by atoms with Crippen molar-refractivity contribution >= 4 is 5.82 Å². The summed E-state index contributed by atoms with van der Waals surface area (Å²) in [5, 5.41) is 0. The molecular formula is C14H16FN3O. The number of anilines is 1. The fraction of sp³-hybridized carbons (Fsp3) is 0.286. The summed E-state index contributed by atoms with van der Waals surface area (Å²) in [5.41, 5.74) is 7.42. The molecule has 0 bridgehead atoms. The van der Waals surface area contributed by atoms with Gasteiger partial charge in [0.05, 0.1) is 5.56 Å². The van der Waals surface area contributed by atoms with Gasteiger partial charge in [-0.2, -0.15) is 0 Å². The van der Waals surface area contributed by atoms with Crippen molar-refractivity contribution in [1.29, 1.82) is 0 Å². The second-order valence-electron chi connectivity index (χ2n) is 4.30. The predicted molar refractivity (Wildman–Crippen MR) is 71.7 cm³/mol. The molecule has 100 valence electrons. The molecular weight excluding hydrogens is 245 g/mol. The van der Waals surface area contributed by atoms with Crippen LogP contribution < -0.4 is 10.5 Å². The lowest BCUT2D eigenvalue weighted by atomic mass is 10.1. The average molecular weight is 261 g/mol. The zero-order valence-corrected chi connectivity index (χ0v) is 11.0. The molecule has 0 radical (unpaired) electrons. The first-order valence-electron chi connectivity index (χ1n) is 6.15. The summed E-state index contributed by atoms with van der Waals surface area (Å²) in [6.07, 6.45) is 2.96. The van der Waals surface area contributed by atoms with E-state index < -0.39 is 0 Å². The van der Waals surface area contributed by atoms with E-state index in [-0.39, 0.29) is 5.82 Å². The molecule has 1 aromatic carbocycles. The van der Waals surface area contributed by atoms with Gasteiger partial charge in [0.1, 0.15) is 23.7 Å². The average Bonchev–Trinajstić information content (AvgIpc) is 2.38. The number of rotatable bonds is 4. The third kappa shape index (κ3) is 2.99. The molecule has 0 aliphatic heterocycles. The van der Waals surface area contributed by atoms with E-state index in [1.165, 1.54) is 18.5 Å². The normalized spacial score (nSPS) is 10.5. The van der Waals surface area contributed by atoms with Crippen LogP contribution in [0.4, 0.5) is 10.2 Å². The fourth-order valence-corrected chi connectivity index (χ4v) is 1.77. The molecule has 0 amide bonds. The topological polar surface area (TPSA) is 61.0 Å². The highest BCUT2D eigenvalue weighted by Crippen LogP contribution is 2.29. The van der Waals surface area contributed by atoms with Crippen molar-refractivity contribution in [3.05, 3.63) is 41.5 Å². The van der Waals surface area contributed by atoms with Gasteiger partial charge in [-0.1, -0.05) is 19.4 Å². The summed E-state index contributed by atoms with van der Waals surface area (Å²) >= 11 is 0. The lowest BCUT2D eigenvalue weighted by molar-refractivity contribution is 0.447. The Morgan fingerprint density at radius 3 is 2.84 bits per heavy atom. The Labute approximate surface area is 111 Å². The molecule has 0 spiro atoms. The van der Waals surface area contributed by atoms with Gasteiger partial charge in [-0.05, 0) is 25.0 Å². The molecule has 0 saturated carbocycles. The number of benzene rings is 1. The number of nitrogens with zero attached hydrogens (tertiary/aromatic N) is 2. The van der Waals surface area contributed by atoms with Crippen LogP contribution in [0.2, 0.25) is 0 Å². The Balaban J connectivity index is 2.37. The maximum Gasteiger partial charge on any atom is 0.227 e. The van der Waals surface area contributed by atoms with Crippen LogP contribution in [0.1, 0.15) is 24.5 Å². The van der Waals surface area contributed by atoms with E-state index in [4.69, 9.17) is 10.5 Å². The Hall–Kier alpha value is -2.17. The molecule has 4 nitrogen and oxygen atoms in total. The number of hydrogen-bond acceptors (Lipinski definition) is 4. The van der Waals surface area contributed by atoms with Crippen molar-refractivity contribution in [1.82, 2.24) is 9.97 Å². The minimum atomic E-state index is -0.348. The zero-order valence-electron chi connectivity index (χ0n) is 11.0. The smallest absolute Gasteiger partial charge is 0.227 e. The molecule has 0 unspecified atom stereocenters. The van der Waals surface area contributed by atoms with Crippen LogP contribution in [0, 0.1) is 12.7 Å². The lowest BCUT2D eigenvalue weighted by Crippen LogP contribution is -2.03. The molecule has 2 aromatic rings. The zero-order chi connectivity index (χ0) is 13.8. The third-order valence-electron chi connectivity index (χ3n) is 2.80. The van der Waals surface area contributed by atoms with Crippen LogP contribution >= 0.6 is 0 Å². The van der Waals surface area contributed by atoms with Crippen LogP contribution in [-0.2, 0) is 6.42 Å². The molecule has 2 N–H and O–H groups in total. The van der Waals surface area contributed by atoms with Gasteiger partial charge in [0.15, 0.2) is 0 Å². The van der Waals surface area contributed by atoms with Crippen LogP contribution in [-0.4, -0.2) is 9.97 Å². The Morgan fingerprint density at radius 2 is 2.11 bits per heavy atom. The van der Waals surface area contributed by atoms with E-state index in [0.29, 0.717) is 17.4 Å². The fourth-order valence-electron chi connectivity index (χ4n) is 1.77. The van der Waals surface area contributed by atoms with E-state index in [1.807, 2.05) is 13.8 Å². The van der Waals surface area contributed by atoms with Crippen molar-refractivity contribution in [3.63, 3.8) is 0 Å². The van der Waals surface area contributed by atoms with Crippen LogP contribution in [0.25, 0.3) is 0 Å². The van der Waals surface area contributed by atoms with Gasteiger partial charge in [0, 0.05) is 6.07 Å². The third-order valence-corrected chi connectivity index (χ3v) is 2.80. The van der Waals surface area contributed by atoms with E-state index in [0.717, 1.165) is 24.0 Å². The summed E-state index contributed by atoms with van der Waals surface area (Å²) in [7, 11) is 0. The van der Waals surface area contributed by atoms with Gasteiger partial charge >= 0.3 is 0 Å². The van der Waals surface area contributed by atoms with E-state index >= 15 is 0 Å². The van der Waals surface area contributed by atoms with Crippen LogP contribution in [0.3, 0.4) is 0 Å². The van der Waals surface area contributed by atoms with Crippen molar-refractivity contribution in [2.75, 3.05) is 5.73 Å². The maximum absolute atomic E-state index is 13.2. The number of aryl methyl sites for hydroxylation is 1. The van der Waals surface area contributed by atoms with Gasteiger partial charge < -0.3 is 10.5 Å². The number of hydrogen-bond donors (Lipinski definition) is 1. The molecule has 2 rings (SSSR count). The van der Waals surface area contributed by atoms with Gasteiger partial charge in [0.2, 0.25) is 5.88 Å². The Kier molecular flexibility index (Phi) is 3.94. The Morgan fingerprint density at radius 1 is 1.32 bits per heavy atom. The second kappa shape index (κ2) is 5.65. The number of nitrogens with two attached hydrogens (primary N) is 1. The number of halogens is 1. The summed E-state index contributed by atoms with van der Waals surface area (Å²) < 4.78 is 18.9. The van der Waals surface area contributed by atoms with E-state index in [1.54, 1.807) is 6.07 Å². The second-order valence-corrected chi connectivity index (χ2v) is 4.30. The van der Waals surface area contributed by atoms with Crippen molar-refractivity contribution in [2.24, 2.45) is 0 Å². The molecule has 19 heavy (non-hydrogen) atoms. The number of ether oxygens (including phenoxy) is 1. The summed E-state index contributed by atoms with van der Waals surface area (Å²) in [6, 6.07) is 4.39. The highest BCUT2D eigenvalue weighted by atomic mass is 19.1. The molecule has 1 heterocycles. The van der Waals surface area contributed by atoms with Gasteiger partial charge in [-0.25, -0.2) is 14.4 Å². The molecule has 0 atom stereocenters. The summed E-state index contributed by atoms with van der Waals surface area (Å²) in [4.78, 5) is 8.04. The SMILES string of the molecule is CCCc1c(N)ncnc1Oc1cc(F)ccc1C. The van der Waals surface area contributed by atoms with E-state index in [9.17, 15) is 4.39 Å². The molecule has 5 heteroatoms. The highest BCUT2D eigenvalue weighted by Gasteiger charge is 2.12. The molecule has 1 aromatic heterocycles. The molecule has 0 aliphatic carbocycles. The largest absolute Gasteiger partial charge is 0.438 e.